The normalized spacial score (nSPS) is 11.0. The van der Waals surface area contributed by atoms with Crippen LogP contribution in [-0.4, -0.2) is 50.1 Å². The Morgan fingerprint density at radius 3 is 2.17 bits per heavy atom. The maximum atomic E-state index is 11.5. The van der Waals surface area contributed by atoms with Crippen LogP contribution in [0.4, 0.5) is 0 Å². The molecule has 0 unspecified atom stereocenters. The Bertz CT molecular complexity index is 513. The predicted octanol–water partition coefficient (Wildman–Crippen LogP) is -3.22. The molecular formula is C11H17B5O2. The average Bonchev–Trinajstić information content (AvgIpc) is 2.25. The summed E-state index contributed by atoms with van der Waals surface area (Å²) in [4.78, 5) is 11.5. The van der Waals surface area contributed by atoms with Gasteiger partial charge in [-0.25, -0.2) is 0 Å². The molecule has 0 saturated heterocycles. The van der Waals surface area contributed by atoms with E-state index in [9.17, 15) is 9.90 Å². The molecule has 0 atom stereocenters. The van der Waals surface area contributed by atoms with Gasteiger partial charge in [-0.05, 0) is 24.1 Å². The monoisotopic (exact) mass is 236 g/mol. The highest BCUT2D eigenvalue weighted by Crippen LogP contribution is 2.26. The molecule has 2 nitrogen and oxygen atoms in total. The largest absolute Gasteiger partial charge is 0.403 e. The van der Waals surface area contributed by atoms with Gasteiger partial charge in [0.25, 0.3) is 0 Å². The molecule has 0 radical (unpaired) electrons. The SMILES string of the molecule is BC(B)=C(B)c1cc(C(C)=O)ccc1C(B)(B)O. The van der Waals surface area contributed by atoms with Crippen molar-refractivity contribution >= 4 is 50.5 Å². The molecule has 0 fully saturated rings. The molecule has 0 aromatic heterocycles. The third kappa shape index (κ3) is 3.23. The average molecular weight is 235 g/mol. The van der Waals surface area contributed by atoms with Gasteiger partial charge >= 0.3 is 0 Å². The summed E-state index contributed by atoms with van der Waals surface area (Å²) in [5.74, 6) is 0.0418. The van der Waals surface area contributed by atoms with Crippen molar-refractivity contribution in [3.8, 4) is 0 Å². The number of Topliss-reactive ketones (excluding diaryl/α,β-unsaturated/α-hetero) is 1. The van der Waals surface area contributed by atoms with Crippen molar-refractivity contribution in [3.05, 3.63) is 40.3 Å². The molecule has 0 amide bonds. The van der Waals surface area contributed by atoms with Crippen molar-refractivity contribution in [2.75, 3.05) is 0 Å². The van der Waals surface area contributed by atoms with E-state index in [1.165, 1.54) is 5.37 Å². The van der Waals surface area contributed by atoms with Crippen molar-refractivity contribution in [2.45, 2.75) is 12.3 Å². The molecule has 1 aromatic rings. The number of hydrogen-bond donors (Lipinski definition) is 1. The third-order valence-electron chi connectivity index (χ3n) is 3.24. The number of carbonyl (C=O) groups is 1. The molecule has 0 bridgehead atoms. The molecule has 0 aliphatic rings. The van der Waals surface area contributed by atoms with E-state index in [1.807, 2.05) is 35.7 Å². The zero-order valence-corrected chi connectivity index (χ0v) is 12.1. The number of benzene rings is 1. The Kier molecular flexibility index (Phi) is 4.39. The minimum atomic E-state index is -0.915. The van der Waals surface area contributed by atoms with Gasteiger partial charge in [-0.2, -0.15) is 5.37 Å². The fraction of sp³-hybridized carbons (Fsp3) is 0.182. The first-order chi connectivity index (χ1) is 8.14. The Morgan fingerprint density at radius 2 is 1.78 bits per heavy atom. The highest BCUT2D eigenvalue weighted by molar-refractivity contribution is 6.60. The molecule has 0 heterocycles. The Balaban J connectivity index is 3.56. The van der Waals surface area contributed by atoms with E-state index < -0.39 is 5.40 Å². The summed E-state index contributed by atoms with van der Waals surface area (Å²) in [5, 5.41) is 10.5. The molecule has 88 valence electrons. The number of rotatable bonds is 3. The molecule has 0 aliphatic heterocycles. The summed E-state index contributed by atoms with van der Waals surface area (Å²) in [6.07, 6.45) is 0. The summed E-state index contributed by atoms with van der Waals surface area (Å²) in [6.45, 7) is 1.56. The lowest BCUT2D eigenvalue weighted by Crippen LogP contribution is -2.27. The summed E-state index contributed by atoms with van der Waals surface area (Å²) in [7, 11) is 9.60. The van der Waals surface area contributed by atoms with Gasteiger partial charge < -0.3 is 5.11 Å². The maximum absolute atomic E-state index is 11.5. The number of ketones is 1. The number of hydrogen-bond acceptors (Lipinski definition) is 2. The summed E-state index contributed by atoms with van der Waals surface area (Å²) in [6, 6.07) is 5.49. The Hall–Kier alpha value is -1.09. The van der Waals surface area contributed by atoms with Gasteiger partial charge in [0.05, 0.1) is 0 Å². The van der Waals surface area contributed by atoms with Gasteiger partial charge in [0.15, 0.2) is 5.78 Å². The Labute approximate surface area is 113 Å². The van der Waals surface area contributed by atoms with Crippen LogP contribution in [0.5, 0.6) is 0 Å². The van der Waals surface area contributed by atoms with Gasteiger partial charge in [-0.1, -0.05) is 12.1 Å². The molecule has 18 heavy (non-hydrogen) atoms. The van der Waals surface area contributed by atoms with Crippen LogP contribution >= 0.6 is 0 Å². The second-order valence-corrected chi connectivity index (χ2v) is 5.50. The van der Waals surface area contributed by atoms with Gasteiger partial charge in [0, 0.05) is 11.0 Å². The highest BCUT2D eigenvalue weighted by Gasteiger charge is 2.21. The van der Waals surface area contributed by atoms with Crippen LogP contribution in [0.2, 0.25) is 0 Å². The van der Waals surface area contributed by atoms with E-state index >= 15 is 0 Å². The summed E-state index contributed by atoms with van der Waals surface area (Å²) >= 11 is 0. The van der Waals surface area contributed by atoms with Crippen LogP contribution in [0, 0.1) is 0 Å². The van der Waals surface area contributed by atoms with E-state index in [0.717, 1.165) is 16.6 Å². The molecular weight excluding hydrogens is 218 g/mol. The van der Waals surface area contributed by atoms with Crippen LogP contribution in [0.3, 0.4) is 0 Å². The molecule has 1 N–H and O–H groups in total. The van der Waals surface area contributed by atoms with Gasteiger partial charge in [-0.15, -0.1) is 5.47 Å². The van der Waals surface area contributed by atoms with E-state index in [0.29, 0.717) is 5.56 Å². The quantitative estimate of drug-likeness (QED) is 0.442. The van der Waals surface area contributed by atoms with Crippen LogP contribution in [-0.2, 0) is 5.40 Å². The predicted molar refractivity (Wildman–Crippen MR) is 90.0 cm³/mol. The fourth-order valence-corrected chi connectivity index (χ4v) is 1.88. The molecule has 1 aromatic carbocycles. The third-order valence-corrected chi connectivity index (χ3v) is 3.24. The maximum Gasteiger partial charge on any atom is 0.159 e. The van der Waals surface area contributed by atoms with Crippen molar-refractivity contribution in [1.29, 1.82) is 0 Å². The van der Waals surface area contributed by atoms with Crippen LogP contribution in [0.1, 0.15) is 28.4 Å². The van der Waals surface area contributed by atoms with Crippen molar-refractivity contribution in [2.24, 2.45) is 0 Å². The lowest BCUT2D eigenvalue weighted by molar-refractivity contribution is 0.101. The van der Waals surface area contributed by atoms with Crippen LogP contribution in [0.25, 0.3) is 5.47 Å². The first-order valence-electron chi connectivity index (χ1n) is 6.17. The van der Waals surface area contributed by atoms with Gasteiger partial charge in [0.1, 0.15) is 39.2 Å². The minimum Gasteiger partial charge on any atom is -0.403 e. The van der Waals surface area contributed by atoms with E-state index in [1.54, 1.807) is 28.7 Å². The van der Waals surface area contributed by atoms with E-state index in [4.69, 9.17) is 0 Å². The Morgan fingerprint density at radius 1 is 1.22 bits per heavy atom. The van der Waals surface area contributed by atoms with Gasteiger partial charge in [0.2, 0.25) is 0 Å². The van der Waals surface area contributed by atoms with Gasteiger partial charge in [-0.3, -0.25) is 4.79 Å². The first-order valence-corrected chi connectivity index (χ1v) is 6.17. The molecule has 0 saturated carbocycles. The minimum absolute atomic E-state index is 0.0418. The van der Waals surface area contributed by atoms with E-state index in [2.05, 4.69) is 0 Å². The van der Waals surface area contributed by atoms with Crippen molar-refractivity contribution < 1.29 is 9.90 Å². The number of aliphatic hydroxyl groups is 1. The zero-order chi connectivity index (χ0) is 14.1. The second-order valence-electron chi connectivity index (χ2n) is 5.50. The topological polar surface area (TPSA) is 37.3 Å². The second kappa shape index (κ2) is 5.27. The molecule has 7 heteroatoms. The van der Waals surface area contributed by atoms with E-state index in [-0.39, 0.29) is 5.78 Å². The first kappa shape index (κ1) is 15.0. The fourth-order valence-electron chi connectivity index (χ4n) is 1.88. The smallest absolute Gasteiger partial charge is 0.159 e. The number of carbonyl (C=O) groups excluding carboxylic acids is 1. The zero-order valence-electron chi connectivity index (χ0n) is 12.1. The molecule has 0 spiro atoms. The molecule has 0 aliphatic carbocycles. The molecule has 1 rings (SSSR count). The van der Waals surface area contributed by atoms with Crippen molar-refractivity contribution in [3.63, 3.8) is 0 Å². The summed E-state index contributed by atoms with van der Waals surface area (Å²) in [5.41, 5.74) is 3.59. The van der Waals surface area contributed by atoms with Crippen molar-refractivity contribution in [1.82, 2.24) is 0 Å². The van der Waals surface area contributed by atoms with Crippen LogP contribution < -0.4 is 0 Å². The standard InChI is InChI=1S/C11H17B5O2/c1-5(17)6-2-3-8(11(15,16)18)7(4-6)9(12)10(13)14/h2-4,18H,12-16H2,1H3. The van der Waals surface area contributed by atoms with Crippen LogP contribution in [0.15, 0.2) is 23.6 Å². The highest BCUT2D eigenvalue weighted by atomic mass is 16.3. The lowest BCUT2D eigenvalue weighted by atomic mass is 9.58. The lowest BCUT2D eigenvalue weighted by Gasteiger charge is -2.24. The summed E-state index contributed by atoms with van der Waals surface area (Å²) < 4.78 is 0.